The number of hydrogen-bond donors (Lipinski definition) is 1. The minimum Gasteiger partial charge on any atom is -0.312 e. The van der Waals surface area contributed by atoms with Crippen molar-refractivity contribution in [1.82, 2.24) is 10.3 Å². The molecule has 15 heavy (non-hydrogen) atoms. The van der Waals surface area contributed by atoms with Gasteiger partial charge in [-0.2, -0.15) is 0 Å². The SMILES string of the molecule is CC(CNCc1ccc(Cl)nc1)C1CC1. The number of hydrogen-bond acceptors (Lipinski definition) is 2. The molecule has 0 amide bonds. The molecule has 1 N–H and O–H groups in total. The van der Waals surface area contributed by atoms with Crippen LogP contribution in [-0.2, 0) is 6.54 Å². The van der Waals surface area contributed by atoms with E-state index in [1.807, 2.05) is 18.3 Å². The fraction of sp³-hybridized carbons (Fsp3) is 0.583. The van der Waals surface area contributed by atoms with Crippen molar-refractivity contribution in [3.63, 3.8) is 0 Å². The number of rotatable bonds is 5. The van der Waals surface area contributed by atoms with Crippen molar-refractivity contribution in [3.8, 4) is 0 Å². The fourth-order valence-corrected chi connectivity index (χ4v) is 1.90. The van der Waals surface area contributed by atoms with Crippen molar-refractivity contribution in [3.05, 3.63) is 29.0 Å². The number of nitrogens with zero attached hydrogens (tertiary/aromatic N) is 1. The van der Waals surface area contributed by atoms with E-state index in [0.717, 1.165) is 24.9 Å². The van der Waals surface area contributed by atoms with E-state index in [0.29, 0.717) is 5.15 Å². The molecular weight excluding hydrogens is 208 g/mol. The van der Waals surface area contributed by atoms with Crippen LogP contribution in [0.25, 0.3) is 0 Å². The minimum atomic E-state index is 0.560. The van der Waals surface area contributed by atoms with Gasteiger partial charge < -0.3 is 5.32 Å². The van der Waals surface area contributed by atoms with Gasteiger partial charge in [0.1, 0.15) is 5.15 Å². The maximum absolute atomic E-state index is 5.71. The van der Waals surface area contributed by atoms with Crippen LogP contribution in [-0.4, -0.2) is 11.5 Å². The normalized spacial score (nSPS) is 17.7. The molecule has 2 nitrogen and oxygen atoms in total. The quantitative estimate of drug-likeness (QED) is 0.778. The largest absolute Gasteiger partial charge is 0.312 e. The van der Waals surface area contributed by atoms with E-state index in [1.165, 1.54) is 18.4 Å². The van der Waals surface area contributed by atoms with Gasteiger partial charge in [-0.3, -0.25) is 0 Å². The molecule has 82 valence electrons. The zero-order valence-corrected chi connectivity index (χ0v) is 9.80. The van der Waals surface area contributed by atoms with Gasteiger partial charge >= 0.3 is 0 Å². The van der Waals surface area contributed by atoms with Crippen LogP contribution < -0.4 is 5.32 Å². The van der Waals surface area contributed by atoms with Crippen LogP contribution in [0.3, 0.4) is 0 Å². The summed E-state index contributed by atoms with van der Waals surface area (Å²) in [6, 6.07) is 3.85. The van der Waals surface area contributed by atoms with Crippen LogP contribution in [0.2, 0.25) is 5.15 Å². The second-order valence-corrected chi connectivity index (χ2v) is 4.82. The predicted octanol–water partition coefficient (Wildman–Crippen LogP) is 2.87. The zero-order chi connectivity index (χ0) is 10.7. The second-order valence-electron chi connectivity index (χ2n) is 4.43. The van der Waals surface area contributed by atoms with Gasteiger partial charge in [0.15, 0.2) is 0 Å². The molecule has 3 heteroatoms. The lowest BCUT2D eigenvalue weighted by atomic mass is 10.1. The summed E-state index contributed by atoms with van der Waals surface area (Å²) >= 11 is 5.71. The lowest BCUT2D eigenvalue weighted by Crippen LogP contribution is -2.21. The van der Waals surface area contributed by atoms with E-state index < -0.39 is 0 Å². The molecule has 1 saturated carbocycles. The van der Waals surface area contributed by atoms with E-state index in [2.05, 4.69) is 17.2 Å². The molecule has 1 unspecified atom stereocenters. The maximum Gasteiger partial charge on any atom is 0.129 e. The molecule has 0 spiro atoms. The summed E-state index contributed by atoms with van der Waals surface area (Å²) in [5, 5.41) is 4.02. The fourth-order valence-electron chi connectivity index (χ4n) is 1.79. The van der Waals surface area contributed by atoms with Gasteiger partial charge in [-0.05, 0) is 42.9 Å². The Morgan fingerprint density at radius 2 is 2.33 bits per heavy atom. The van der Waals surface area contributed by atoms with Crippen LogP contribution in [0, 0.1) is 11.8 Å². The molecule has 2 rings (SSSR count). The van der Waals surface area contributed by atoms with Gasteiger partial charge in [-0.15, -0.1) is 0 Å². The average molecular weight is 225 g/mol. The topological polar surface area (TPSA) is 24.9 Å². The summed E-state index contributed by atoms with van der Waals surface area (Å²) in [5.41, 5.74) is 1.20. The van der Waals surface area contributed by atoms with E-state index in [1.54, 1.807) is 0 Å². The second kappa shape index (κ2) is 4.95. The van der Waals surface area contributed by atoms with E-state index >= 15 is 0 Å². The highest BCUT2D eigenvalue weighted by Crippen LogP contribution is 2.36. The Kier molecular flexibility index (Phi) is 3.60. The summed E-state index contributed by atoms with van der Waals surface area (Å²) in [6.45, 7) is 4.32. The summed E-state index contributed by atoms with van der Waals surface area (Å²) in [5.74, 6) is 1.78. The van der Waals surface area contributed by atoms with Crippen LogP contribution in [0.4, 0.5) is 0 Å². The molecule has 0 radical (unpaired) electrons. The third-order valence-electron chi connectivity index (χ3n) is 3.01. The third-order valence-corrected chi connectivity index (χ3v) is 3.23. The van der Waals surface area contributed by atoms with E-state index in [-0.39, 0.29) is 0 Å². The first-order valence-electron chi connectivity index (χ1n) is 5.57. The highest BCUT2D eigenvalue weighted by molar-refractivity contribution is 6.29. The first-order chi connectivity index (χ1) is 7.25. The Morgan fingerprint density at radius 3 is 2.93 bits per heavy atom. The van der Waals surface area contributed by atoms with Crippen molar-refractivity contribution in [2.24, 2.45) is 11.8 Å². The predicted molar refractivity (Wildman–Crippen MR) is 62.8 cm³/mol. The Labute approximate surface area is 96.1 Å². The van der Waals surface area contributed by atoms with Crippen LogP contribution >= 0.6 is 11.6 Å². The van der Waals surface area contributed by atoms with E-state index in [4.69, 9.17) is 11.6 Å². The summed E-state index contributed by atoms with van der Waals surface area (Å²) in [7, 11) is 0. The Hall–Kier alpha value is -0.600. The molecule has 0 aliphatic heterocycles. The summed E-state index contributed by atoms with van der Waals surface area (Å²) in [6.07, 6.45) is 4.67. The molecule has 0 bridgehead atoms. The molecule has 1 atom stereocenters. The standard InChI is InChI=1S/C12H17ClN2/c1-9(11-3-4-11)6-14-7-10-2-5-12(13)15-8-10/h2,5,8-9,11,14H,3-4,6-7H2,1H3. The van der Waals surface area contributed by atoms with Gasteiger partial charge in [-0.1, -0.05) is 24.6 Å². The van der Waals surface area contributed by atoms with Crippen LogP contribution in [0.1, 0.15) is 25.3 Å². The zero-order valence-electron chi connectivity index (χ0n) is 9.04. The molecule has 1 aromatic rings. The number of aromatic nitrogens is 1. The third kappa shape index (κ3) is 3.47. The lowest BCUT2D eigenvalue weighted by molar-refractivity contribution is 0.461. The Bertz CT molecular complexity index is 306. The first-order valence-corrected chi connectivity index (χ1v) is 5.94. The average Bonchev–Trinajstić information content (AvgIpc) is 3.04. The van der Waals surface area contributed by atoms with E-state index in [9.17, 15) is 0 Å². The van der Waals surface area contributed by atoms with Gasteiger partial charge in [0.2, 0.25) is 0 Å². The van der Waals surface area contributed by atoms with Gasteiger partial charge in [0.25, 0.3) is 0 Å². The summed E-state index contributed by atoms with van der Waals surface area (Å²) < 4.78 is 0. The van der Waals surface area contributed by atoms with Crippen LogP contribution in [0.5, 0.6) is 0 Å². The van der Waals surface area contributed by atoms with Crippen molar-refractivity contribution in [2.45, 2.75) is 26.3 Å². The lowest BCUT2D eigenvalue weighted by Gasteiger charge is -2.11. The Balaban J connectivity index is 1.70. The molecule has 1 heterocycles. The van der Waals surface area contributed by atoms with Crippen molar-refractivity contribution in [2.75, 3.05) is 6.54 Å². The van der Waals surface area contributed by atoms with Crippen LogP contribution in [0.15, 0.2) is 18.3 Å². The van der Waals surface area contributed by atoms with Gasteiger partial charge in [0, 0.05) is 12.7 Å². The van der Waals surface area contributed by atoms with Gasteiger partial charge in [0.05, 0.1) is 0 Å². The van der Waals surface area contributed by atoms with Crippen molar-refractivity contribution >= 4 is 11.6 Å². The first kappa shape index (κ1) is 10.9. The number of pyridine rings is 1. The molecule has 1 aliphatic rings. The monoisotopic (exact) mass is 224 g/mol. The van der Waals surface area contributed by atoms with Crippen molar-refractivity contribution in [1.29, 1.82) is 0 Å². The molecule has 1 aliphatic carbocycles. The van der Waals surface area contributed by atoms with Gasteiger partial charge in [-0.25, -0.2) is 4.98 Å². The molecule has 0 saturated heterocycles. The highest BCUT2D eigenvalue weighted by Gasteiger charge is 2.27. The Morgan fingerprint density at radius 1 is 1.53 bits per heavy atom. The molecular formula is C12H17ClN2. The molecule has 1 aromatic heterocycles. The summed E-state index contributed by atoms with van der Waals surface area (Å²) in [4.78, 5) is 4.05. The van der Waals surface area contributed by atoms with Crippen molar-refractivity contribution < 1.29 is 0 Å². The molecule has 1 fully saturated rings. The number of halogens is 1. The molecule has 0 aromatic carbocycles. The maximum atomic E-state index is 5.71. The smallest absolute Gasteiger partial charge is 0.129 e. The minimum absolute atomic E-state index is 0.560. The highest BCUT2D eigenvalue weighted by atomic mass is 35.5. The number of nitrogens with one attached hydrogen (secondary N) is 1.